The molecule has 4 fully saturated rings. The number of Topliss-reactive ketones (excluding diaryl/α,β-unsaturated/α-hetero) is 1. The summed E-state index contributed by atoms with van der Waals surface area (Å²) in [5.74, 6) is -3.36. The molecule has 19 heavy (non-hydrogen) atoms. The van der Waals surface area contributed by atoms with Gasteiger partial charge in [0, 0.05) is 18.8 Å². The van der Waals surface area contributed by atoms with E-state index < -0.39 is 24.4 Å². The van der Waals surface area contributed by atoms with Crippen LogP contribution in [0.4, 0.5) is 8.78 Å². The number of esters is 1. The number of halogens is 2. The van der Waals surface area contributed by atoms with Gasteiger partial charge in [0.15, 0.2) is 6.61 Å². The van der Waals surface area contributed by atoms with Crippen LogP contribution in [0, 0.1) is 29.6 Å². The maximum atomic E-state index is 12.7. The standard InChI is InChI=1S/C14H18F2O3/c1-14(15,16)6-19-13(18)11-8-2-7-3-9(5-8)12(17)10(11)4-7/h7-11H,2-6H2,1H3. The van der Waals surface area contributed by atoms with Crippen LogP contribution in [-0.2, 0) is 14.3 Å². The third kappa shape index (κ3) is 2.28. The number of hydrogen-bond acceptors (Lipinski definition) is 3. The first kappa shape index (κ1) is 13.0. The van der Waals surface area contributed by atoms with Crippen LogP contribution in [0.3, 0.4) is 0 Å². The summed E-state index contributed by atoms with van der Waals surface area (Å²) in [5.41, 5.74) is 0. The Kier molecular flexibility index (Phi) is 2.91. The molecule has 0 aliphatic heterocycles. The highest BCUT2D eigenvalue weighted by molar-refractivity contribution is 5.91. The Hall–Kier alpha value is -1.00. The van der Waals surface area contributed by atoms with Gasteiger partial charge >= 0.3 is 5.97 Å². The summed E-state index contributed by atoms with van der Waals surface area (Å²) >= 11 is 0. The third-order valence-electron chi connectivity index (χ3n) is 4.88. The zero-order chi connectivity index (χ0) is 13.8. The molecule has 0 heterocycles. The van der Waals surface area contributed by atoms with Crippen molar-refractivity contribution in [2.24, 2.45) is 29.6 Å². The van der Waals surface area contributed by atoms with Gasteiger partial charge in [-0.1, -0.05) is 0 Å². The largest absolute Gasteiger partial charge is 0.459 e. The number of ketones is 1. The van der Waals surface area contributed by atoms with Gasteiger partial charge in [-0.3, -0.25) is 9.59 Å². The van der Waals surface area contributed by atoms with Gasteiger partial charge in [0.05, 0.1) is 5.92 Å². The number of carbonyl (C=O) groups excluding carboxylic acids is 2. The fourth-order valence-electron chi connectivity index (χ4n) is 4.28. The van der Waals surface area contributed by atoms with E-state index in [-0.39, 0.29) is 23.5 Å². The van der Waals surface area contributed by atoms with Crippen LogP contribution in [-0.4, -0.2) is 24.3 Å². The van der Waals surface area contributed by atoms with Crippen molar-refractivity contribution >= 4 is 11.8 Å². The summed E-state index contributed by atoms with van der Waals surface area (Å²) in [4.78, 5) is 24.2. The summed E-state index contributed by atoms with van der Waals surface area (Å²) in [6.07, 6.45) is 3.39. The van der Waals surface area contributed by atoms with Crippen LogP contribution >= 0.6 is 0 Å². The van der Waals surface area contributed by atoms with Crippen molar-refractivity contribution in [3.63, 3.8) is 0 Å². The van der Waals surface area contributed by atoms with E-state index in [0.29, 0.717) is 5.92 Å². The Bertz CT molecular complexity index is 415. The number of carbonyl (C=O) groups is 2. The third-order valence-corrected chi connectivity index (χ3v) is 4.88. The Morgan fingerprint density at radius 1 is 1.32 bits per heavy atom. The molecule has 0 N–H and O–H groups in total. The normalized spacial score (nSPS) is 40.6. The lowest BCUT2D eigenvalue weighted by Crippen LogP contribution is -2.54. The second-order valence-corrected chi connectivity index (χ2v) is 6.48. The molecule has 5 unspecified atom stereocenters. The maximum absolute atomic E-state index is 12.7. The fraction of sp³-hybridized carbons (Fsp3) is 0.857. The SMILES string of the molecule is CC(F)(F)COC(=O)C1C2CC3CC(C2)C(=O)C1C3. The second-order valence-electron chi connectivity index (χ2n) is 6.48. The van der Waals surface area contributed by atoms with Gasteiger partial charge in [0.25, 0.3) is 5.92 Å². The van der Waals surface area contributed by atoms with Crippen molar-refractivity contribution in [3.05, 3.63) is 0 Å². The van der Waals surface area contributed by atoms with E-state index in [9.17, 15) is 18.4 Å². The van der Waals surface area contributed by atoms with E-state index in [1.165, 1.54) is 0 Å². The average molecular weight is 272 g/mol. The lowest BCUT2D eigenvalue weighted by atomic mass is 9.51. The van der Waals surface area contributed by atoms with E-state index in [0.717, 1.165) is 32.6 Å². The van der Waals surface area contributed by atoms with E-state index >= 15 is 0 Å². The quantitative estimate of drug-likeness (QED) is 0.741. The van der Waals surface area contributed by atoms with Crippen LogP contribution in [0.25, 0.3) is 0 Å². The van der Waals surface area contributed by atoms with Crippen molar-refractivity contribution in [1.29, 1.82) is 0 Å². The Balaban J connectivity index is 1.71. The summed E-state index contributed by atoms with van der Waals surface area (Å²) in [6, 6.07) is 0. The van der Waals surface area contributed by atoms with Gasteiger partial charge in [-0.2, -0.15) is 0 Å². The molecule has 3 nitrogen and oxygen atoms in total. The van der Waals surface area contributed by atoms with Gasteiger partial charge in [-0.25, -0.2) is 8.78 Å². The van der Waals surface area contributed by atoms with Crippen molar-refractivity contribution < 1.29 is 23.1 Å². The van der Waals surface area contributed by atoms with E-state index in [4.69, 9.17) is 4.74 Å². The predicted octanol–water partition coefficient (Wildman–Crippen LogP) is 2.44. The van der Waals surface area contributed by atoms with Crippen LogP contribution in [0.2, 0.25) is 0 Å². The minimum atomic E-state index is -3.01. The Morgan fingerprint density at radius 2 is 2.05 bits per heavy atom. The van der Waals surface area contributed by atoms with Gasteiger partial charge in [0.1, 0.15) is 5.78 Å². The second kappa shape index (κ2) is 4.25. The molecule has 5 atom stereocenters. The van der Waals surface area contributed by atoms with Crippen molar-refractivity contribution in [1.82, 2.24) is 0 Å². The zero-order valence-corrected chi connectivity index (χ0v) is 10.9. The molecule has 4 aliphatic rings. The zero-order valence-electron chi connectivity index (χ0n) is 10.9. The molecule has 4 saturated carbocycles. The average Bonchev–Trinajstić information content (AvgIpc) is 2.31. The molecule has 0 spiro atoms. The highest BCUT2D eigenvalue weighted by Crippen LogP contribution is 2.55. The molecular formula is C14H18F2O3. The topological polar surface area (TPSA) is 43.4 Å². The van der Waals surface area contributed by atoms with Crippen molar-refractivity contribution in [2.75, 3.05) is 6.61 Å². The monoisotopic (exact) mass is 272 g/mol. The molecule has 0 aromatic rings. The summed E-state index contributed by atoms with van der Waals surface area (Å²) in [7, 11) is 0. The molecule has 4 rings (SSSR count). The molecule has 0 aromatic carbocycles. The summed E-state index contributed by atoms with van der Waals surface area (Å²) in [6.45, 7) is -0.162. The number of ether oxygens (including phenoxy) is 1. The molecular weight excluding hydrogens is 254 g/mol. The molecule has 0 saturated heterocycles. The number of alkyl halides is 2. The first-order chi connectivity index (χ1) is 8.85. The van der Waals surface area contributed by atoms with Gasteiger partial charge in [0.2, 0.25) is 0 Å². The number of hydrogen-bond donors (Lipinski definition) is 0. The molecule has 0 aromatic heterocycles. The van der Waals surface area contributed by atoms with E-state index in [1.54, 1.807) is 0 Å². The molecule has 4 aliphatic carbocycles. The molecule has 106 valence electrons. The van der Waals surface area contributed by atoms with Gasteiger partial charge in [-0.15, -0.1) is 0 Å². The Morgan fingerprint density at radius 3 is 2.74 bits per heavy atom. The minimum absolute atomic E-state index is 0.110. The smallest absolute Gasteiger partial charge is 0.310 e. The first-order valence-electron chi connectivity index (χ1n) is 6.93. The molecule has 5 heteroatoms. The first-order valence-corrected chi connectivity index (χ1v) is 6.93. The van der Waals surface area contributed by atoms with E-state index in [2.05, 4.69) is 0 Å². The van der Waals surface area contributed by atoms with E-state index in [1.807, 2.05) is 0 Å². The maximum Gasteiger partial charge on any atom is 0.310 e. The molecule has 0 amide bonds. The van der Waals surface area contributed by atoms with Gasteiger partial charge < -0.3 is 4.74 Å². The van der Waals surface area contributed by atoms with Crippen molar-refractivity contribution in [2.45, 2.75) is 38.5 Å². The van der Waals surface area contributed by atoms with Crippen LogP contribution in [0.5, 0.6) is 0 Å². The number of rotatable bonds is 3. The summed E-state index contributed by atoms with van der Waals surface area (Å²) < 4.78 is 30.2. The highest BCUT2D eigenvalue weighted by atomic mass is 19.3. The van der Waals surface area contributed by atoms with Crippen molar-refractivity contribution in [3.8, 4) is 0 Å². The molecule has 4 bridgehead atoms. The lowest BCUT2D eigenvalue weighted by Gasteiger charge is -2.51. The van der Waals surface area contributed by atoms with Gasteiger partial charge in [-0.05, 0) is 37.5 Å². The molecule has 0 radical (unpaired) electrons. The summed E-state index contributed by atoms with van der Waals surface area (Å²) in [5, 5.41) is 0. The van der Waals surface area contributed by atoms with Crippen LogP contribution < -0.4 is 0 Å². The van der Waals surface area contributed by atoms with Crippen LogP contribution in [0.15, 0.2) is 0 Å². The predicted molar refractivity (Wildman–Crippen MR) is 62.5 cm³/mol. The minimum Gasteiger partial charge on any atom is -0.459 e. The lowest BCUT2D eigenvalue weighted by molar-refractivity contribution is -0.175. The Labute approximate surface area is 110 Å². The van der Waals surface area contributed by atoms with Crippen LogP contribution in [0.1, 0.15) is 32.6 Å². The highest BCUT2D eigenvalue weighted by Gasteiger charge is 2.56. The fourth-order valence-corrected chi connectivity index (χ4v) is 4.28.